The van der Waals surface area contributed by atoms with Gasteiger partial charge in [-0.05, 0) is 68.5 Å². The Morgan fingerprint density at radius 1 is 1.38 bits per heavy atom. The van der Waals surface area contributed by atoms with Crippen molar-refractivity contribution in [1.82, 2.24) is 10.2 Å². The third-order valence-electron chi connectivity index (χ3n) is 4.04. The summed E-state index contributed by atoms with van der Waals surface area (Å²) in [4.78, 5) is 12.9. The Morgan fingerprint density at radius 2 is 2.10 bits per heavy atom. The summed E-state index contributed by atoms with van der Waals surface area (Å²) in [6.07, 6.45) is 2.29. The van der Waals surface area contributed by atoms with Crippen molar-refractivity contribution in [3.63, 3.8) is 0 Å². The molecule has 21 heavy (non-hydrogen) atoms. The molecule has 0 aromatic heterocycles. The van der Waals surface area contributed by atoms with Crippen molar-refractivity contribution >= 4 is 17.7 Å². The number of carboxylic acid groups (broad SMARTS) is 1. The van der Waals surface area contributed by atoms with E-state index >= 15 is 0 Å². The maximum Gasteiger partial charge on any atom is 0.404 e. The molecular formula is C16H23ClN2O2. The molecule has 0 bridgehead atoms. The number of halogens is 1. The molecular weight excluding hydrogens is 288 g/mol. The molecule has 1 amide bonds. The summed E-state index contributed by atoms with van der Waals surface area (Å²) >= 11 is 6.10. The van der Waals surface area contributed by atoms with E-state index < -0.39 is 6.09 Å². The van der Waals surface area contributed by atoms with E-state index in [1.807, 2.05) is 12.1 Å². The minimum atomic E-state index is -0.927. The zero-order valence-electron chi connectivity index (χ0n) is 12.4. The topological polar surface area (TPSA) is 52.6 Å². The SMILES string of the molecule is Cc1cc(Cl)cc(CN2CCC(CCNC(=O)O)CC2)c1. The minimum absolute atomic E-state index is 0.563. The lowest BCUT2D eigenvalue weighted by Crippen LogP contribution is -2.34. The predicted molar refractivity (Wildman–Crippen MR) is 84.8 cm³/mol. The average molecular weight is 311 g/mol. The highest BCUT2D eigenvalue weighted by atomic mass is 35.5. The highest BCUT2D eigenvalue weighted by molar-refractivity contribution is 6.30. The minimum Gasteiger partial charge on any atom is -0.465 e. The van der Waals surface area contributed by atoms with Gasteiger partial charge in [-0.2, -0.15) is 0 Å². The number of nitrogens with one attached hydrogen (secondary N) is 1. The molecule has 2 rings (SSSR count). The van der Waals surface area contributed by atoms with Crippen molar-refractivity contribution in [2.45, 2.75) is 32.7 Å². The number of rotatable bonds is 5. The van der Waals surface area contributed by atoms with Gasteiger partial charge in [0.25, 0.3) is 0 Å². The lowest BCUT2D eigenvalue weighted by molar-refractivity contribution is 0.168. The number of nitrogens with zero attached hydrogens (tertiary/aromatic N) is 1. The molecule has 0 radical (unpaired) electrons. The van der Waals surface area contributed by atoms with Crippen LogP contribution in [-0.2, 0) is 6.54 Å². The Hall–Kier alpha value is -1.26. The molecule has 1 aliphatic rings. The molecule has 1 saturated heterocycles. The van der Waals surface area contributed by atoms with E-state index in [0.29, 0.717) is 12.5 Å². The van der Waals surface area contributed by atoms with Crippen molar-refractivity contribution < 1.29 is 9.90 Å². The van der Waals surface area contributed by atoms with Gasteiger partial charge >= 0.3 is 6.09 Å². The first-order valence-corrected chi connectivity index (χ1v) is 7.86. The summed E-state index contributed by atoms with van der Waals surface area (Å²) in [5, 5.41) is 11.8. The Morgan fingerprint density at radius 3 is 2.71 bits per heavy atom. The summed E-state index contributed by atoms with van der Waals surface area (Å²) in [5.41, 5.74) is 2.47. The monoisotopic (exact) mass is 310 g/mol. The standard InChI is InChI=1S/C16H23ClN2O2/c1-12-8-14(10-15(17)9-12)11-19-6-3-13(4-7-19)2-5-18-16(20)21/h8-10,13,18H,2-7,11H2,1H3,(H,20,21). The normalized spacial score (nSPS) is 16.9. The van der Waals surface area contributed by atoms with Gasteiger partial charge < -0.3 is 10.4 Å². The van der Waals surface area contributed by atoms with Crippen LogP contribution in [0.4, 0.5) is 4.79 Å². The van der Waals surface area contributed by atoms with E-state index in [2.05, 4.69) is 23.2 Å². The number of amides is 1. The number of benzene rings is 1. The van der Waals surface area contributed by atoms with Gasteiger partial charge in [0.2, 0.25) is 0 Å². The largest absolute Gasteiger partial charge is 0.465 e. The lowest BCUT2D eigenvalue weighted by Gasteiger charge is -2.32. The summed E-state index contributed by atoms with van der Waals surface area (Å²) in [7, 11) is 0. The number of hydrogen-bond acceptors (Lipinski definition) is 2. The fourth-order valence-electron chi connectivity index (χ4n) is 2.98. The highest BCUT2D eigenvalue weighted by Crippen LogP contribution is 2.22. The molecule has 0 spiro atoms. The van der Waals surface area contributed by atoms with E-state index in [9.17, 15) is 4.79 Å². The van der Waals surface area contributed by atoms with Gasteiger partial charge in [0, 0.05) is 18.1 Å². The van der Waals surface area contributed by atoms with Gasteiger partial charge in [-0.15, -0.1) is 0 Å². The zero-order valence-corrected chi connectivity index (χ0v) is 13.2. The summed E-state index contributed by atoms with van der Waals surface area (Å²) in [5.74, 6) is 0.634. The van der Waals surface area contributed by atoms with Crippen LogP contribution in [0.1, 0.15) is 30.4 Å². The molecule has 1 aromatic rings. The van der Waals surface area contributed by atoms with Gasteiger partial charge in [0.05, 0.1) is 0 Å². The summed E-state index contributed by atoms with van der Waals surface area (Å²) in [6.45, 7) is 5.72. The number of aryl methyl sites for hydroxylation is 1. The second-order valence-electron chi connectivity index (χ2n) is 5.88. The second-order valence-corrected chi connectivity index (χ2v) is 6.31. The van der Waals surface area contributed by atoms with Crippen molar-refractivity contribution in [1.29, 1.82) is 0 Å². The van der Waals surface area contributed by atoms with Crippen LogP contribution in [0.25, 0.3) is 0 Å². The summed E-state index contributed by atoms with van der Waals surface area (Å²) in [6, 6.07) is 6.21. The van der Waals surface area contributed by atoms with Crippen molar-refractivity contribution in [3.05, 3.63) is 34.3 Å². The first kappa shape index (κ1) is 16.1. The highest BCUT2D eigenvalue weighted by Gasteiger charge is 2.19. The van der Waals surface area contributed by atoms with Crippen molar-refractivity contribution in [2.24, 2.45) is 5.92 Å². The van der Waals surface area contributed by atoms with E-state index in [4.69, 9.17) is 16.7 Å². The Balaban J connectivity index is 1.75. The first-order chi connectivity index (χ1) is 10.0. The first-order valence-electron chi connectivity index (χ1n) is 7.48. The summed E-state index contributed by atoms with van der Waals surface area (Å²) < 4.78 is 0. The van der Waals surface area contributed by atoms with Gasteiger partial charge in [0.15, 0.2) is 0 Å². The smallest absolute Gasteiger partial charge is 0.404 e. The van der Waals surface area contributed by atoms with Crippen LogP contribution >= 0.6 is 11.6 Å². The number of likely N-dealkylation sites (tertiary alicyclic amines) is 1. The van der Waals surface area contributed by atoms with Crippen LogP contribution in [0.5, 0.6) is 0 Å². The molecule has 1 aromatic carbocycles. The van der Waals surface area contributed by atoms with Crippen LogP contribution < -0.4 is 5.32 Å². The third kappa shape index (κ3) is 5.56. The van der Waals surface area contributed by atoms with Gasteiger partial charge in [-0.3, -0.25) is 4.90 Å². The molecule has 0 saturated carbocycles. The number of carbonyl (C=O) groups is 1. The molecule has 1 heterocycles. The van der Waals surface area contributed by atoms with Gasteiger partial charge in [-0.1, -0.05) is 17.7 Å². The molecule has 4 nitrogen and oxygen atoms in total. The Bertz CT molecular complexity index is 465. The fraction of sp³-hybridized carbons (Fsp3) is 0.562. The van der Waals surface area contributed by atoms with E-state index in [1.165, 1.54) is 11.1 Å². The zero-order chi connectivity index (χ0) is 15.2. The second kappa shape index (κ2) is 7.66. The molecule has 0 aliphatic carbocycles. The molecule has 1 aliphatic heterocycles. The lowest BCUT2D eigenvalue weighted by atomic mass is 9.93. The van der Waals surface area contributed by atoms with Crippen LogP contribution in [-0.4, -0.2) is 35.7 Å². The maximum absolute atomic E-state index is 10.4. The van der Waals surface area contributed by atoms with E-state index in [-0.39, 0.29) is 0 Å². The quantitative estimate of drug-likeness (QED) is 0.875. The number of hydrogen-bond donors (Lipinski definition) is 2. The van der Waals surface area contributed by atoms with Crippen molar-refractivity contribution in [2.75, 3.05) is 19.6 Å². The molecule has 116 valence electrons. The maximum atomic E-state index is 10.4. The molecule has 5 heteroatoms. The molecule has 1 fully saturated rings. The molecule has 2 N–H and O–H groups in total. The Labute approximate surface area is 131 Å². The predicted octanol–water partition coefficient (Wildman–Crippen LogP) is 3.52. The average Bonchev–Trinajstić information content (AvgIpc) is 2.39. The van der Waals surface area contributed by atoms with Gasteiger partial charge in [-0.25, -0.2) is 4.79 Å². The van der Waals surface area contributed by atoms with Gasteiger partial charge in [0.1, 0.15) is 0 Å². The van der Waals surface area contributed by atoms with E-state index in [0.717, 1.165) is 43.9 Å². The van der Waals surface area contributed by atoms with Crippen LogP contribution in [0.3, 0.4) is 0 Å². The van der Waals surface area contributed by atoms with Crippen molar-refractivity contribution in [3.8, 4) is 0 Å². The van der Waals surface area contributed by atoms with Crippen LogP contribution in [0, 0.1) is 12.8 Å². The van der Waals surface area contributed by atoms with Crippen LogP contribution in [0.15, 0.2) is 18.2 Å². The number of piperidine rings is 1. The Kier molecular flexibility index (Phi) is 5.88. The molecule has 0 unspecified atom stereocenters. The van der Waals surface area contributed by atoms with E-state index in [1.54, 1.807) is 0 Å². The third-order valence-corrected chi connectivity index (χ3v) is 4.26. The fourth-order valence-corrected chi connectivity index (χ4v) is 3.29. The van der Waals surface area contributed by atoms with Crippen LogP contribution in [0.2, 0.25) is 5.02 Å². The molecule has 0 atom stereocenters.